The Morgan fingerprint density at radius 3 is 2.74 bits per heavy atom. The van der Waals surface area contributed by atoms with E-state index in [1.165, 1.54) is 7.11 Å². The predicted molar refractivity (Wildman–Crippen MR) is 118 cm³/mol. The molecule has 0 saturated carbocycles. The minimum Gasteiger partial charge on any atom is -0.491 e. The summed E-state index contributed by atoms with van der Waals surface area (Å²) in [5, 5.41) is 8.27. The zero-order chi connectivity index (χ0) is 24.7. The first kappa shape index (κ1) is 17.8. The molecule has 0 spiro atoms. The number of methoxy groups -OCH3 is 1. The van der Waals surface area contributed by atoms with Crippen molar-refractivity contribution in [1.29, 1.82) is 0 Å². The summed E-state index contributed by atoms with van der Waals surface area (Å²) in [4.78, 5) is 19.4. The summed E-state index contributed by atoms with van der Waals surface area (Å²) in [6.07, 6.45) is 0.517. The molecule has 1 amide bonds. The van der Waals surface area contributed by atoms with Crippen molar-refractivity contribution in [1.82, 2.24) is 9.97 Å². The Hall–Kier alpha value is -3.98. The van der Waals surface area contributed by atoms with Gasteiger partial charge >= 0.3 is 0 Å². The maximum atomic E-state index is 14.5. The van der Waals surface area contributed by atoms with Crippen LogP contribution in [0.4, 0.5) is 33.2 Å². The van der Waals surface area contributed by atoms with Gasteiger partial charge in [0.15, 0.2) is 11.6 Å². The highest BCUT2D eigenvalue weighted by molar-refractivity contribution is 5.99. The lowest BCUT2D eigenvalue weighted by molar-refractivity contribution is -0.111. The van der Waals surface area contributed by atoms with Crippen LogP contribution in [-0.4, -0.2) is 36.2 Å². The van der Waals surface area contributed by atoms with E-state index in [-0.39, 0.29) is 24.3 Å². The number of nitrogens with one attached hydrogen (secondary N) is 3. The fourth-order valence-corrected chi connectivity index (χ4v) is 2.41. The molecule has 1 aromatic heterocycles. The van der Waals surface area contributed by atoms with Gasteiger partial charge in [0, 0.05) is 24.2 Å². The summed E-state index contributed by atoms with van der Waals surface area (Å²) in [7, 11) is 1.25. The molecule has 2 aromatic carbocycles. The van der Waals surface area contributed by atoms with Crippen molar-refractivity contribution < 1.29 is 22.8 Å². The summed E-state index contributed by atoms with van der Waals surface area (Å²) in [6, 6.07) is 13.0. The monoisotopic (exact) mass is 426 g/mol. The van der Waals surface area contributed by atoms with Gasteiger partial charge in [-0.15, -0.1) is 0 Å². The summed E-state index contributed by atoms with van der Waals surface area (Å²) in [5.41, 5.74) is 1.44. The van der Waals surface area contributed by atoms with Crippen molar-refractivity contribution in [3.63, 3.8) is 0 Å². The quantitative estimate of drug-likeness (QED) is 0.417. The van der Waals surface area contributed by atoms with Crippen LogP contribution in [-0.2, 0) is 9.53 Å². The third-order valence-corrected chi connectivity index (χ3v) is 3.82. The zero-order valence-electron chi connectivity index (χ0n) is 19.6. The van der Waals surface area contributed by atoms with Gasteiger partial charge < -0.3 is 25.4 Å². The van der Waals surface area contributed by atoms with E-state index < -0.39 is 18.5 Å². The van der Waals surface area contributed by atoms with Gasteiger partial charge in [-0.25, -0.2) is 9.37 Å². The SMILES string of the molecule is [2H]c1nc(Nc2ccc(OCC([2H])([2H])OC)cc2)nc(Nc2cccc(NC(=O)C=C)c2)c1F. The number of hydrogen-bond acceptors (Lipinski definition) is 7. The Balaban J connectivity index is 1.73. The first-order valence-electron chi connectivity index (χ1n) is 10.6. The number of anilines is 5. The Kier molecular flexibility index (Phi) is 6.16. The van der Waals surface area contributed by atoms with Crippen LogP contribution in [0, 0.1) is 5.82 Å². The highest BCUT2D eigenvalue weighted by Crippen LogP contribution is 2.23. The van der Waals surface area contributed by atoms with Crippen molar-refractivity contribution in [2.75, 3.05) is 36.2 Å². The number of hydrogen-bond donors (Lipinski definition) is 3. The lowest BCUT2D eigenvalue weighted by Crippen LogP contribution is -2.07. The molecule has 8 nitrogen and oxygen atoms in total. The van der Waals surface area contributed by atoms with Crippen LogP contribution in [0.15, 0.2) is 67.4 Å². The molecular weight excluding hydrogens is 401 g/mol. The molecule has 9 heteroatoms. The number of aromatic nitrogens is 2. The third-order valence-electron chi connectivity index (χ3n) is 3.82. The lowest BCUT2D eigenvalue weighted by Gasteiger charge is -2.11. The Morgan fingerprint density at radius 2 is 2.00 bits per heavy atom. The van der Waals surface area contributed by atoms with Crippen LogP contribution in [0.5, 0.6) is 5.75 Å². The van der Waals surface area contributed by atoms with E-state index in [1.807, 2.05) is 0 Å². The topological polar surface area (TPSA) is 97.4 Å². The van der Waals surface area contributed by atoms with Crippen LogP contribution in [0.25, 0.3) is 0 Å². The summed E-state index contributed by atoms with van der Waals surface area (Å²) in [5.74, 6) is -1.16. The largest absolute Gasteiger partial charge is 0.491 e. The number of ether oxygens (including phenoxy) is 2. The standard InChI is InChI=1S/C22H22FN5O3/c1-3-20(29)25-16-5-4-6-17(13-16)26-21-19(23)14-24-22(28-21)27-15-7-9-18(10-8-15)31-12-11-30-2/h3-10,13-14H,1,11-12H2,2H3,(H,25,29)(H2,24,26,27,28)/i11D2,14D. The molecular formula is C22H22FN5O3. The van der Waals surface area contributed by atoms with E-state index in [0.29, 0.717) is 22.8 Å². The summed E-state index contributed by atoms with van der Waals surface area (Å²) in [6.45, 7) is 1.19. The molecule has 0 atom stereocenters. The molecule has 0 aliphatic rings. The number of carbonyl (C=O) groups excluding carboxylic acids is 1. The number of rotatable bonds is 10. The van der Waals surface area contributed by atoms with E-state index >= 15 is 0 Å². The molecule has 0 aliphatic heterocycles. The maximum Gasteiger partial charge on any atom is 0.247 e. The van der Waals surface area contributed by atoms with E-state index in [9.17, 15) is 9.18 Å². The van der Waals surface area contributed by atoms with Gasteiger partial charge in [-0.2, -0.15) is 4.98 Å². The Morgan fingerprint density at radius 1 is 1.23 bits per heavy atom. The molecule has 0 radical (unpaired) electrons. The summed E-state index contributed by atoms with van der Waals surface area (Å²) < 4.78 is 47.4. The first-order valence-corrected chi connectivity index (χ1v) is 9.09. The summed E-state index contributed by atoms with van der Waals surface area (Å²) >= 11 is 0. The van der Waals surface area contributed by atoms with Crippen LogP contribution >= 0.6 is 0 Å². The predicted octanol–water partition coefficient (Wildman–Crippen LogP) is 4.25. The molecule has 0 unspecified atom stereocenters. The lowest BCUT2D eigenvalue weighted by atomic mass is 10.2. The average molecular weight is 426 g/mol. The molecule has 3 aromatic rings. The number of amides is 1. The fraction of sp³-hybridized carbons (Fsp3) is 0.136. The van der Waals surface area contributed by atoms with Crippen LogP contribution in [0.1, 0.15) is 4.11 Å². The van der Waals surface area contributed by atoms with Crippen LogP contribution < -0.4 is 20.7 Å². The molecule has 3 rings (SSSR count). The molecule has 1 heterocycles. The number of halogens is 1. The van der Waals surface area contributed by atoms with Crippen molar-refractivity contribution in [3.8, 4) is 5.75 Å². The van der Waals surface area contributed by atoms with Crippen molar-refractivity contribution in [2.45, 2.75) is 0 Å². The highest BCUT2D eigenvalue weighted by atomic mass is 19.1. The Labute approximate surface area is 183 Å². The first-order chi connectivity index (χ1) is 16.2. The number of benzene rings is 2. The maximum absolute atomic E-state index is 14.5. The fourth-order valence-electron chi connectivity index (χ4n) is 2.41. The number of nitrogens with zero attached hydrogens (tertiary/aromatic N) is 2. The Bertz CT molecular complexity index is 1180. The van der Waals surface area contributed by atoms with Crippen LogP contribution in [0.2, 0.25) is 0 Å². The average Bonchev–Trinajstić information content (AvgIpc) is 2.82. The van der Waals surface area contributed by atoms with E-state index in [1.54, 1.807) is 48.5 Å². The zero-order valence-corrected chi connectivity index (χ0v) is 16.6. The molecule has 3 N–H and O–H groups in total. The second-order valence-electron chi connectivity index (χ2n) is 6.01. The third kappa shape index (κ3) is 6.51. The van der Waals surface area contributed by atoms with Gasteiger partial charge in [0.05, 0.1) is 16.8 Å². The minimum atomic E-state index is -1.91. The van der Waals surface area contributed by atoms with Gasteiger partial charge in [0.1, 0.15) is 12.4 Å². The van der Waals surface area contributed by atoms with Crippen molar-refractivity contribution >= 4 is 34.7 Å². The van der Waals surface area contributed by atoms with E-state index in [0.717, 1.165) is 6.08 Å². The molecule has 0 saturated heterocycles. The second kappa shape index (κ2) is 10.7. The van der Waals surface area contributed by atoms with Crippen molar-refractivity contribution in [2.24, 2.45) is 0 Å². The second-order valence-corrected chi connectivity index (χ2v) is 6.01. The molecule has 0 bridgehead atoms. The van der Waals surface area contributed by atoms with Gasteiger partial charge in [0.25, 0.3) is 0 Å². The van der Waals surface area contributed by atoms with Gasteiger partial charge in [-0.1, -0.05) is 12.6 Å². The smallest absolute Gasteiger partial charge is 0.247 e. The van der Waals surface area contributed by atoms with Gasteiger partial charge in [0.2, 0.25) is 11.9 Å². The van der Waals surface area contributed by atoms with E-state index in [2.05, 4.69) is 37.2 Å². The van der Waals surface area contributed by atoms with E-state index in [4.69, 9.17) is 8.85 Å². The van der Waals surface area contributed by atoms with Crippen LogP contribution in [0.3, 0.4) is 0 Å². The molecule has 0 aliphatic carbocycles. The van der Waals surface area contributed by atoms with Crippen molar-refractivity contribution in [3.05, 3.63) is 73.2 Å². The molecule has 31 heavy (non-hydrogen) atoms. The van der Waals surface area contributed by atoms with Gasteiger partial charge in [-0.3, -0.25) is 4.79 Å². The normalized spacial score (nSPS) is 12.1. The number of carbonyl (C=O) groups is 1. The van der Waals surface area contributed by atoms with Gasteiger partial charge in [-0.05, 0) is 48.5 Å². The highest BCUT2D eigenvalue weighted by Gasteiger charge is 2.09. The minimum absolute atomic E-state index is 0.0191. The molecule has 0 fully saturated rings. The molecule has 160 valence electrons.